The second-order valence-electron chi connectivity index (χ2n) is 7.07. The van der Waals surface area contributed by atoms with Crippen molar-refractivity contribution in [2.24, 2.45) is 0 Å². The molecule has 0 aliphatic carbocycles. The second-order valence-corrected chi connectivity index (χ2v) is 9.85. The van der Waals surface area contributed by atoms with E-state index in [-0.39, 0.29) is 16.2 Å². The van der Waals surface area contributed by atoms with Gasteiger partial charge in [-0.05, 0) is 42.8 Å². The molecule has 10 heteroatoms. The molecule has 1 fully saturated rings. The molecule has 0 atom stereocenters. The Balaban J connectivity index is 1.84. The second kappa shape index (κ2) is 10.6. The maximum absolute atomic E-state index is 13.4. The number of methoxy groups -OCH3 is 1. The van der Waals surface area contributed by atoms with E-state index in [1.165, 1.54) is 22.5 Å². The third-order valence-electron chi connectivity index (χ3n) is 4.91. The van der Waals surface area contributed by atoms with E-state index in [1.807, 2.05) is 6.07 Å². The van der Waals surface area contributed by atoms with Crippen molar-refractivity contribution >= 4 is 33.2 Å². The molecular formula is C21H23Cl2N3O4S. The molecule has 1 aliphatic rings. The predicted molar refractivity (Wildman–Crippen MR) is 119 cm³/mol. The summed E-state index contributed by atoms with van der Waals surface area (Å²) < 4.78 is 39.2. The molecule has 31 heavy (non-hydrogen) atoms. The highest BCUT2D eigenvalue weighted by Crippen LogP contribution is 2.34. The van der Waals surface area contributed by atoms with Crippen LogP contribution in [0, 0.1) is 11.3 Å². The molecule has 0 saturated carbocycles. The molecule has 1 heterocycles. The maximum atomic E-state index is 13.4. The van der Waals surface area contributed by atoms with E-state index in [9.17, 15) is 13.7 Å². The number of nitriles is 1. The normalized spacial score (nSPS) is 15.5. The summed E-state index contributed by atoms with van der Waals surface area (Å²) in [6.45, 7) is 3.49. The molecule has 0 amide bonds. The van der Waals surface area contributed by atoms with Crippen molar-refractivity contribution in [2.45, 2.75) is 11.3 Å². The van der Waals surface area contributed by atoms with E-state index < -0.39 is 10.0 Å². The SMILES string of the molecule is COCCCN1CCN(S(=O)(=O)c2cc(C#N)ccc2Oc2cc(Cl)cc(Cl)c2)CC1. The molecule has 0 spiro atoms. The number of piperazine rings is 1. The minimum Gasteiger partial charge on any atom is -0.456 e. The van der Waals surface area contributed by atoms with Crippen LogP contribution < -0.4 is 4.74 Å². The number of benzene rings is 2. The first kappa shape index (κ1) is 23.8. The fourth-order valence-electron chi connectivity index (χ4n) is 3.34. The van der Waals surface area contributed by atoms with Gasteiger partial charge in [-0.25, -0.2) is 8.42 Å². The lowest BCUT2D eigenvalue weighted by molar-refractivity contribution is 0.149. The number of hydrogen-bond acceptors (Lipinski definition) is 6. The molecule has 7 nitrogen and oxygen atoms in total. The Kier molecular flexibility index (Phi) is 8.17. The fraction of sp³-hybridized carbons (Fsp3) is 0.381. The summed E-state index contributed by atoms with van der Waals surface area (Å²) in [7, 11) is -2.21. The van der Waals surface area contributed by atoms with Crippen molar-refractivity contribution < 1.29 is 17.9 Å². The Morgan fingerprint density at radius 2 is 1.74 bits per heavy atom. The number of nitrogens with zero attached hydrogens (tertiary/aromatic N) is 3. The number of sulfonamides is 1. The lowest BCUT2D eigenvalue weighted by atomic mass is 10.2. The standard InChI is InChI=1S/C21H23Cl2N3O4S/c1-29-10-2-5-25-6-8-26(9-7-25)31(27,28)21-11-16(15-24)3-4-20(21)30-19-13-17(22)12-18(23)14-19/h3-4,11-14H,2,5-10H2,1H3. The number of halogens is 2. The van der Waals surface area contributed by atoms with Crippen LogP contribution in [0.2, 0.25) is 10.0 Å². The first-order valence-corrected chi connectivity index (χ1v) is 11.9. The van der Waals surface area contributed by atoms with Gasteiger partial charge in [-0.3, -0.25) is 0 Å². The Labute approximate surface area is 192 Å². The van der Waals surface area contributed by atoms with Crippen LogP contribution in [0.15, 0.2) is 41.3 Å². The third-order valence-corrected chi connectivity index (χ3v) is 7.26. The molecule has 2 aromatic rings. The lowest BCUT2D eigenvalue weighted by Gasteiger charge is -2.34. The molecule has 0 aromatic heterocycles. The van der Waals surface area contributed by atoms with Crippen LogP contribution in [-0.2, 0) is 14.8 Å². The van der Waals surface area contributed by atoms with Crippen LogP contribution in [-0.4, -0.2) is 64.1 Å². The maximum Gasteiger partial charge on any atom is 0.246 e. The summed E-state index contributed by atoms with van der Waals surface area (Å²) in [4.78, 5) is 2.15. The van der Waals surface area contributed by atoms with E-state index in [4.69, 9.17) is 32.7 Å². The summed E-state index contributed by atoms with van der Waals surface area (Å²) in [6, 6.07) is 10.9. The largest absolute Gasteiger partial charge is 0.456 e. The van der Waals surface area contributed by atoms with Crippen LogP contribution in [0.25, 0.3) is 0 Å². The first-order valence-electron chi connectivity index (χ1n) is 9.73. The van der Waals surface area contributed by atoms with Crippen LogP contribution in [0.5, 0.6) is 11.5 Å². The Morgan fingerprint density at radius 1 is 1.06 bits per heavy atom. The molecule has 0 N–H and O–H groups in total. The zero-order valence-electron chi connectivity index (χ0n) is 17.1. The zero-order valence-corrected chi connectivity index (χ0v) is 19.4. The van der Waals surface area contributed by atoms with Crippen LogP contribution >= 0.6 is 23.2 Å². The van der Waals surface area contributed by atoms with Crippen molar-refractivity contribution in [3.05, 3.63) is 52.0 Å². The molecule has 2 aromatic carbocycles. The highest BCUT2D eigenvalue weighted by molar-refractivity contribution is 7.89. The molecule has 1 aliphatic heterocycles. The average molecular weight is 484 g/mol. The van der Waals surface area contributed by atoms with E-state index in [0.29, 0.717) is 48.6 Å². The van der Waals surface area contributed by atoms with Gasteiger partial charge in [0.1, 0.15) is 16.4 Å². The van der Waals surface area contributed by atoms with Crippen LogP contribution in [0.1, 0.15) is 12.0 Å². The van der Waals surface area contributed by atoms with Gasteiger partial charge in [0, 0.05) is 56.5 Å². The molecule has 0 radical (unpaired) electrons. The fourth-order valence-corrected chi connectivity index (χ4v) is 5.41. The highest BCUT2D eigenvalue weighted by Gasteiger charge is 2.31. The Morgan fingerprint density at radius 3 is 2.35 bits per heavy atom. The summed E-state index contributed by atoms with van der Waals surface area (Å²) in [6.07, 6.45) is 0.896. The summed E-state index contributed by atoms with van der Waals surface area (Å²) in [5.41, 5.74) is 0.230. The van der Waals surface area contributed by atoms with Crippen molar-refractivity contribution in [1.82, 2.24) is 9.21 Å². The Bertz CT molecular complexity index is 1040. The zero-order chi connectivity index (χ0) is 22.4. The average Bonchev–Trinajstić information content (AvgIpc) is 2.74. The molecule has 3 rings (SSSR count). The third kappa shape index (κ3) is 6.10. The first-order chi connectivity index (χ1) is 14.8. The van der Waals surface area contributed by atoms with Gasteiger partial charge in [-0.15, -0.1) is 0 Å². The Hall–Kier alpha value is -1.86. The highest BCUT2D eigenvalue weighted by atomic mass is 35.5. The van der Waals surface area contributed by atoms with Gasteiger partial charge in [0.05, 0.1) is 11.6 Å². The quantitative estimate of drug-likeness (QED) is 0.527. The molecular weight excluding hydrogens is 461 g/mol. The van der Waals surface area contributed by atoms with Gasteiger partial charge in [-0.1, -0.05) is 23.2 Å². The van der Waals surface area contributed by atoms with Crippen molar-refractivity contribution in [2.75, 3.05) is 46.4 Å². The summed E-state index contributed by atoms with van der Waals surface area (Å²) in [5.74, 6) is 0.418. The summed E-state index contributed by atoms with van der Waals surface area (Å²) >= 11 is 12.1. The van der Waals surface area contributed by atoms with Gasteiger partial charge in [0.2, 0.25) is 10.0 Å². The van der Waals surface area contributed by atoms with Gasteiger partial charge in [0.25, 0.3) is 0 Å². The smallest absolute Gasteiger partial charge is 0.246 e. The van der Waals surface area contributed by atoms with Gasteiger partial charge < -0.3 is 14.4 Å². The number of rotatable bonds is 8. The topological polar surface area (TPSA) is 82.9 Å². The predicted octanol–water partition coefficient (Wildman–Crippen LogP) is 4.00. The molecule has 0 bridgehead atoms. The van der Waals surface area contributed by atoms with E-state index >= 15 is 0 Å². The van der Waals surface area contributed by atoms with Crippen molar-refractivity contribution in [1.29, 1.82) is 5.26 Å². The van der Waals surface area contributed by atoms with Gasteiger partial charge >= 0.3 is 0 Å². The van der Waals surface area contributed by atoms with Gasteiger partial charge in [0.15, 0.2) is 0 Å². The lowest BCUT2D eigenvalue weighted by Crippen LogP contribution is -2.48. The van der Waals surface area contributed by atoms with Crippen LogP contribution in [0.4, 0.5) is 0 Å². The molecule has 1 saturated heterocycles. The minimum atomic E-state index is -3.87. The van der Waals surface area contributed by atoms with Crippen molar-refractivity contribution in [3.8, 4) is 17.6 Å². The van der Waals surface area contributed by atoms with E-state index in [1.54, 1.807) is 25.3 Å². The van der Waals surface area contributed by atoms with Gasteiger partial charge in [-0.2, -0.15) is 9.57 Å². The monoisotopic (exact) mass is 483 g/mol. The molecule has 166 valence electrons. The number of hydrogen-bond donors (Lipinski definition) is 0. The summed E-state index contributed by atoms with van der Waals surface area (Å²) in [5, 5.41) is 10.0. The van der Waals surface area contributed by atoms with E-state index in [2.05, 4.69) is 4.90 Å². The van der Waals surface area contributed by atoms with Crippen LogP contribution in [0.3, 0.4) is 0 Å². The van der Waals surface area contributed by atoms with E-state index in [0.717, 1.165) is 13.0 Å². The number of ether oxygens (including phenoxy) is 2. The molecule has 0 unspecified atom stereocenters. The van der Waals surface area contributed by atoms with Crippen molar-refractivity contribution in [3.63, 3.8) is 0 Å². The minimum absolute atomic E-state index is 0.0597.